The first-order valence-corrected chi connectivity index (χ1v) is 12.1. The molecule has 1 heterocycles. The van der Waals surface area contributed by atoms with Crippen LogP contribution in [0.1, 0.15) is 41.0 Å². The quantitative estimate of drug-likeness (QED) is 0.182. The van der Waals surface area contributed by atoms with E-state index >= 15 is 0 Å². The standard InChI is InChI=1S/C28H27FN6O4/c1-18(36)31-24-12-8-21(9-13-24)20-4-2-19(3-5-20)14-26(15-27(37)33-39)35-17-25(32-34-35)16-30-28(38)22-6-10-23(29)11-7-22/h2-13,17,26,39H,14-16H2,1H3,(H,30,38)(H,31,36)(H,33,37). The van der Waals surface area contributed by atoms with Gasteiger partial charge in [-0.3, -0.25) is 19.6 Å². The Morgan fingerprint density at radius 2 is 1.59 bits per heavy atom. The molecule has 11 heteroatoms. The van der Waals surface area contributed by atoms with Crippen molar-refractivity contribution in [3.63, 3.8) is 0 Å². The highest BCUT2D eigenvalue weighted by atomic mass is 19.1. The van der Waals surface area contributed by atoms with Crippen LogP contribution in [0, 0.1) is 5.82 Å². The third-order valence-electron chi connectivity index (χ3n) is 5.98. The van der Waals surface area contributed by atoms with Gasteiger partial charge in [0, 0.05) is 18.2 Å². The summed E-state index contributed by atoms with van der Waals surface area (Å²) in [7, 11) is 0. The molecule has 1 unspecified atom stereocenters. The lowest BCUT2D eigenvalue weighted by Gasteiger charge is -2.16. The predicted molar refractivity (Wildman–Crippen MR) is 141 cm³/mol. The molecule has 10 nitrogen and oxygen atoms in total. The fourth-order valence-corrected chi connectivity index (χ4v) is 4.02. The van der Waals surface area contributed by atoms with Crippen molar-refractivity contribution in [1.82, 2.24) is 25.8 Å². The van der Waals surface area contributed by atoms with E-state index in [-0.39, 0.29) is 24.8 Å². The van der Waals surface area contributed by atoms with Gasteiger partial charge in [-0.2, -0.15) is 0 Å². The molecule has 39 heavy (non-hydrogen) atoms. The monoisotopic (exact) mass is 530 g/mol. The van der Waals surface area contributed by atoms with Gasteiger partial charge in [-0.05, 0) is 59.5 Å². The number of nitrogens with one attached hydrogen (secondary N) is 3. The van der Waals surface area contributed by atoms with Crippen LogP contribution in [-0.4, -0.2) is 37.9 Å². The molecule has 4 rings (SSSR count). The zero-order valence-electron chi connectivity index (χ0n) is 21.1. The van der Waals surface area contributed by atoms with Crippen LogP contribution in [-0.2, 0) is 22.6 Å². The summed E-state index contributed by atoms with van der Waals surface area (Å²) < 4.78 is 14.6. The minimum atomic E-state index is -0.572. The molecule has 0 saturated heterocycles. The van der Waals surface area contributed by atoms with Crippen LogP contribution in [0.25, 0.3) is 11.1 Å². The Balaban J connectivity index is 1.42. The number of carbonyl (C=O) groups excluding carboxylic acids is 3. The fourth-order valence-electron chi connectivity index (χ4n) is 4.02. The van der Waals surface area contributed by atoms with Crippen LogP contribution in [0.4, 0.5) is 10.1 Å². The average Bonchev–Trinajstić information content (AvgIpc) is 3.41. The maximum atomic E-state index is 13.1. The molecule has 0 aliphatic heterocycles. The highest BCUT2D eigenvalue weighted by Gasteiger charge is 2.19. The van der Waals surface area contributed by atoms with Crippen molar-refractivity contribution in [2.24, 2.45) is 0 Å². The molecule has 4 N–H and O–H groups in total. The highest BCUT2D eigenvalue weighted by molar-refractivity contribution is 5.94. The number of hydrogen-bond donors (Lipinski definition) is 4. The molecule has 0 aliphatic rings. The van der Waals surface area contributed by atoms with Gasteiger partial charge in [0.05, 0.1) is 25.2 Å². The fraction of sp³-hybridized carbons (Fsp3) is 0.179. The van der Waals surface area contributed by atoms with E-state index in [0.29, 0.717) is 17.7 Å². The number of hydrogen-bond acceptors (Lipinski definition) is 6. The van der Waals surface area contributed by atoms with E-state index in [1.165, 1.54) is 35.9 Å². The van der Waals surface area contributed by atoms with Gasteiger partial charge in [0.25, 0.3) is 5.91 Å². The molecular formula is C28H27FN6O4. The summed E-state index contributed by atoms with van der Waals surface area (Å²) in [4.78, 5) is 35.5. The van der Waals surface area contributed by atoms with E-state index in [1.807, 2.05) is 48.5 Å². The van der Waals surface area contributed by atoms with Gasteiger partial charge in [-0.25, -0.2) is 14.6 Å². The topological polar surface area (TPSA) is 138 Å². The molecular weight excluding hydrogens is 503 g/mol. The lowest BCUT2D eigenvalue weighted by atomic mass is 9.99. The van der Waals surface area contributed by atoms with Gasteiger partial charge < -0.3 is 10.6 Å². The number of halogens is 1. The van der Waals surface area contributed by atoms with Crippen molar-refractivity contribution in [3.8, 4) is 11.1 Å². The number of hydroxylamine groups is 1. The molecule has 3 amide bonds. The molecule has 0 radical (unpaired) electrons. The molecule has 200 valence electrons. The molecule has 0 aliphatic carbocycles. The maximum Gasteiger partial charge on any atom is 0.251 e. The third kappa shape index (κ3) is 7.55. The molecule has 0 spiro atoms. The zero-order chi connectivity index (χ0) is 27.8. The first kappa shape index (κ1) is 27.1. The smallest absolute Gasteiger partial charge is 0.251 e. The summed E-state index contributed by atoms with van der Waals surface area (Å²) in [6.07, 6.45) is 2.01. The normalized spacial score (nSPS) is 11.5. The minimum Gasteiger partial charge on any atom is -0.346 e. The van der Waals surface area contributed by atoms with Crippen LogP contribution in [0.2, 0.25) is 0 Å². The number of benzene rings is 3. The van der Waals surface area contributed by atoms with Crippen molar-refractivity contribution < 1.29 is 24.0 Å². The first-order chi connectivity index (χ1) is 18.8. The second kappa shape index (κ2) is 12.6. The van der Waals surface area contributed by atoms with Crippen molar-refractivity contribution in [1.29, 1.82) is 0 Å². The number of rotatable bonds is 10. The lowest BCUT2D eigenvalue weighted by molar-refractivity contribution is -0.130. The number of carbonyl (C=O) groups is 3. The highest BCUT2D eigenvalue weighted by Crippen LogP contribution is 2.24. The van der Waals surface area contributed by atoms with Gasteiger partial charge in [-0.15, -0.1) is 5.10 Å². The van der Waals surface area contributed by atoms with Gasteiger partial charge >= 0.3 is 0 Å². The van der Waals surface area contributed by atoms with E-state index in [2.05, 4.69) is 20.9 Å². The van der Waals surface area contributed by atoms with Crippen LogP contribution >= 0.6 is 0 Å². The van der Waals surface area contributed by atoms with Gasteiger partial charge in [0.15, 0.2) is 0 Å². The molecule has 3 aromatic carbocycles. The van der Waals surface area contributed by atoms with E-state index in [9.17, 15) is 18.8 Å². The van der Waals surface area contributed by atoms with Crippen LogP contribution in [0.15, 0.2) is 79.0 Å². The number of amides is 3. The van der Waals surface area contributed by atoms with E-state index in [1.54, 1.807) is 11.7 Å². The number of nitrogens with zero attached hydrogens (tertiary/aromatic N) is 3. The Morgan fingerprint density at radius 1 is 0.949 bits per heavy atom. The van der Waals surface area contributed by atoms with Crippen molar-refractivity contribution in [3.05, 3.63) is 102 Å². The summed E-state index contributed by atoms with van der Waals surface area (Å²) in [5.41, 5.74) is 6.06. The predicted octanol–water partition coefficient (Wildman–Crippen LogP) is 3.65. The first-order valence-electron chi connectivity index (χ1n) is 12.1. The summed E-state index contributed by atoms with van der Waals surface area (Å²) in [5.74, 6) is -1.52. The molecule has 0 saturated carbocycles. The Labute approximate surface area is 223 Å². The van der Waals surface area contributed by atoms with Crippen LogP contribution in [0.3, 0.4) is 0 Å². The molecule has 4 aromatic rings. The van der Waals surface area contributed by atoms with Gasteiger partial charge in [-0.1, -0.05) is 41.6 Å². The van der Waals surface area contributed by atoms with Crippen LogP contribution in [0.5, 0.6) is 0 Å². The van der Waals surface area contributed by atoms with Crippen molar-refractivity contribution in [2.45, 2.75) is 32.4 Å². The second-order valence-corrected chi connectivity index (χ2v) is 8.93. The third-order valence-corrected chi connectivity index (χ3v) is 5.98. The number of anilines is 1. The summed E-state index contributed by atoms with van der Waals surface area (Å²) in [6, 6.07) is 20.0. The minimum absolute atomic E-state index is 0.0480. The van der Waals surface area contributed by atoms with Gasteiger partial charge in [0.1, 0.15) is 11.5 Å². The van der Waals surface area contributed by atoms with E-state index in [4.69, 9.17) is 5.21 Å². The molecule has 0 fully saturated rings. The number of aromatic nitrogens is 3. The molecule has 1 atom stereocenters. The average molecular weight is 531 g/mol. The van der Waals surface area contributed by atoms with Crippen LogP contribution < -0.4 is 16.1 Å². The van der Waals surface area contributed by atoms with Gasteiger partial charge in [0.2, 0.25) is 11.8 Å². The SMILES string of the molecule is CC(=O)Nc1ccc(-c2ccc(CC(CC(=O)NO)n3cc(CNC(=O)c4ccc(F)cc4)nn3)cc2)cc1. The summed E-state index contributed by atoms with van der Waals surface area (Å²) in [5, 5.41) is 22.7. The van der Waals surface area contributed by atoms with E-state index in [0.717, 1.165) is 22.4 Å². The molecule has 0 bridgehead atoms. The Morgan fingerprint density at radius 3 is 2.21 bits per heavy atom. The summed E-state index contributed by atoms with van der Waals surface area (Å²) in [6.45, 7) is 1.54. The Hall–Kier alpha value is -4.90. The maximum absolute atomic E-state index is 13.1. The zero-order valence-corrected chi connectivity index (χ0v) is 21.1. The van der Waals surface area contributed by atoms with Crippen molar-refractivity contribution >= 4 is 23.4 Å². The lowest BCUT2D eigenvalue weighted by Crippen LogP contribution is -2.25. The van der Waals surface area contributed by atoms with E-state index < -0.39 is 17.8 Å². The summed E-state index contributed by atoms with van der Waals surface area (Å²) >= 11 is 0. The Kier molecular flexibility index (Phi) is 8.75. The second-order valence-electron chi connectivity index (χ2n) is 8.93. The molecule has 1 aromatic heterocycles. The Bertz CT molecular complexity index is 1440. The van der Waals surface area contributed by atoms with Crippen molar-refractivity contribution in [2.75, 3.05) is 5.32 Å². The largest absolute Gasteiger partial charge is 0.346 e.